The summed E-state index contributed by atoms with van der Waals surface area (Å²) in [5.74, 6) is 1.17. The predicted octanol–water partition coefficient (Wildman–Crippen LogP) is 3.73. The summed E-state index contributed by atoms with van der Waals surface area (Å²) in [6, 6.07) is 16.0. The SMILES string of the molecule is CC(C)CCNS(=O)(=O)c1cccc(-c2nc(-c3ccccc3)no2)c1. The van der Waals surface area contributed by atoms with Crippen molar-refractivity contribution < 1.29 is 12.9 Å². The van der Waals surface area contributed by atoms with Gasteiger partial charge in [-0.2, -0.15) is 4.98 Å². The van der Waals surface area contributed by atoms with Crippen LogP contribution in [0.2, 0.25) is 0 Å². The van der Waals surface area contributed by atoms with Crippen molar-refractivity contribution in [2.24, 2.45) is 5.92 Å². The summed E-state index contributed by atoms with van der Waals surface area (Å²) in [6.07, 6.45) is 0.781. The van der Waals surface area contributed by atoms with E-state index in [1.165, 1.54) is 0 Å². The molecule has 3 rings (SSSR count). The number of hydrogen-bond acceptors (Lipinski definition) is 5. The largest absolute Gasteiger partial charge is 0.334 e. The highest BCUT2D eigenvalue weighted by atomic mass is 32.2. The van der Waals surface area contributed by atoms with Gasteiger partial charge >= 0.3 is 0 Å². The van der Waals surface area contributed by atoms with Crippen molar-refractivity contribution in [2.75, 3.05) is 6.54 Å². The van der Waals surface area contributed by atoms with Crippen molar-refractivity contribution in [2.45, 2.75) is 25.2 Å². The third-order valence-corrected chi connectivity index (χ3v) is 5.32. The second-order valence-corrected chi connectivity index (χ2v) is 8.16. The molecule has 0 aliphatic carbocycles. The molecule has 1 aromatic heterocycles. The summed E-state index contributed by atoms with van der Waals surface area (Å²) in [7, 11) is -3.57. The van der Waals surface area contributed by atoms with Crippen LogP contribution in [-0.4, -0.2) is 25.1 Å². The van der Waals surface area contributed by atoms with Crippen LogP contribution >= 0.6 is 0 Å². The third-order valence-electron chi connectivity index (χ3n) is 3.86. The van der Waals surface area contributed by atoms with Crippen molar-refractivity contribution in [3.05, 3.63) is 54.6 Å². The normalized spacial score (nSPS) is 11.8. The van der Waals surface area contributed by atoms with Crippen LogP contribution < -0.4 is 4.72 Å². The average Bonchev–Trinajstić information content (AvgIpc) is 3.12. The lowest BCUT2D eigenvalue weighted by Crippen LogP contribution is -2.25. The van der Waals surface area contributed by atoms with Gasteiger partial charge in [-0.3, -0.25) is 0 Å². The molecule has 0 unspecified atom stereocenters. The van der Waals surface area contributed by atoms with Gasteiger partial charge in [0, 0.05) is 17.7 Å². The quantitative estimate of drug-likeness (QED) is 0.684. The number of sulfonamides is 1. The van der Waals surface area contributed by atoms with E-state index in [0.717, 1.165) is 12.0 Å². The molecule has 1 N–H and O–H groups in total. The van der Waals surface area contributed by atoms with Crippen LogP contribution in [0, 0.1) is 5.92 Å². The zero-order valence-electron chi connectivity index (χ0n) is 14.7. The molecule has 0 saturated heterocycles. The van der Waals surface area contributed by atoms with Crippen molar-refractivity contribution >= 4 is 10.0 Å². The Balaban J connectivity index is 1.83. The average molecular weight is 371 g/mol. The molecular weight excluding hydrogens is 350 g/mol. The highest BCUT2D eigenvalue weighted by molar-refractivity contribution is 7.89. The summed E-state index contributed by atoms with van der Waals surface area (Å²) >= 11 is 0. The topological polar surface area (TPSA) is 85.1 Å². The number of nitrogens with zero attached hydrogens (tertiary/aromatic N) is 2. The molecule has 0 saturated carbocycles. The fourth-order valence-corrected chi connectivity index (χ4v) is 3.50. The maximum absolute atomic E-state index is 12.4. The summed E-state index contributed by atoms with van der Waals surface area (Å²) in [5, 5.41) is 3.97. The first-order chi connectivity index (χ1) is 12.5. The molecule has 0 radical (unpaired) electrons. The summed E-state index contributed by atoms with van der Waals surface area (Å²) < 4.78 is 32.8. The van der Waals surface area contributed by atoms with E-state index in [1.54, 1.807) is 24.3 Å². The smallest absolute Gasteiger partial charge is 0.258 e. The van der Waals surface area contributed by atoms with Crippen LogP contribution in [0.4, 0.5) is 0 Å². The van der Waals surface area contributed by atoms with Gasteiger partial charge in [-0.25, -0.2) is 13.1 Å². The van der Waals surface area contributed by atoms with Crippen LogP contribution in [0.15, 0.2) is 64.0 Å². The number of nitrogens with one attached hydrogen (secondary N) is 1. The molecular formula is C19H21N3O3S. The second kappa shape index (κ2) is 7.80. The van der Waals surface area contributed by atoms with Crippen LogP contribution in [0.3, 0.4) is 0 Å². The van der Waals surface area contributed by atoms with Gasteiger partial charge in [0.05, 0.1) is 4.90 Å². The van der Waals surface area contributed by atoms with E-state index in [1.807, 2.05) is 30.3 Å². The molecule has 3 aromatic rings. The lowest BCUT2D eigenvalue weighted by atomic mass is 10.1. The van der Waals surface area contributed by atoms with Crippen LogP contribution in [-0.2, 0) is 10.0 Å². The minimum atomic E-state index is -3.57. The first-order valence-electron chi connectivity index (χ1n) is 8.45. The molecule has 0 aliphatic rings. The molecule has 0 bridgehead atoms. The molecule has 136 valence electrons. The Labute approximate surface area is 153 Å². The third kappa shape index (κ3) is 4.36. The van der Waals surface area contributed by atoms with Crippen LogP contribution in [0.1, 0.15) is 20.3 Å². The highest BCUT2D eigenvalue weighted by Crippen LogP contribution is 2.24. The van der Waals surface area contributed by atoms with E-state index in [2.05, 4.69) is 28.7 Å². The Kier molecular flexibility index (Phi) is 5.49. The Morgan fingerprint density at radius 1 is 1.04 bits per heavy atom. The van der Waals surface area contributed by atoms with E-state index in [4.69, 9.17) is 4.52 Å². The number of aromatic nitrogens is 2. The van der Waals surface area contributed by atoms with E-state index < -0.39 is 10.0 Å². The number of rotatable bonds is 7. The maximum atomic E-state index is 12.4. The predicted molar refractivity (Wildman–Crippen MR) is 99.8 cm³/mol. The first kappa shape index (κ1) is 18.3. The zero-order valence-corrected chi connectivity index (χ0v) is 15.5. The van der Waals surface area contributed by atoms with Gasteiger partial charge in [-0.05, 0) is 30.5 Å². The van der Waals surface area contributed by atoms with Crippen LogP contribution in [0.5, 0.6) is 0 Å². The Hall–Kier alpha value is -2.51. The zero-order chi connectivity index (χ0) is 18.6. The van der Waals surface area contributed by atoms with Gasteiger partial charge < -0.3 is 4.52 Å². The standard InChI is InChI=1S/C19H21N3O3S/c1-14(2)11-12-20-26(23,24)17-10-6-9-16(13-17)19-21-18(22-25-19)15-7-4-3-5-8-15/h3-10,13-14,20H,11-12H2,1-2H3. The van der Waals surface area contributed by atoms with Gasteiger partial charge in [0.1, 0.15) is 0 Å². The van der Waals surface area contributed by atoms with Gasteiger partial charge in [-0.1, -0.05) is 55.4 Å². The van der Waals surface area contributed by atoms with Gasteiger partial charge in [-0.15, -0.1) is 0 Å². The minimum absolute atomic E-state index is 0.179. The molecule has 26 heavy (non-hydrogen) atoms. The molecule has 1 heterocycles. The van der Waals surface area contributed by atoms with Gasteiger partial charge in [0.15, 0.2) is 0 Å². The molecule has 2 aromatic carbocycles. The number of hydrogen-bond donors (Lipinski definition) is 1. The second-order valence-electron chi connectivity index (χ2n) is 6.40. The monoisotopic (exact) mass is 371 g/mol. The Morgan fingerprint density at radius 3 is 2.50 bits per heavy atom. The van der Waals surface area contributed by atoms with E-state index in [9.17, 15) is 8.42 Å². The minimum Gasteiger partial charge on any atom is -0.334 e. The van der Waals surface area contributed by atoms with Crippen LogP contribution in [0.25, 0.3) is 22.8 Å². The summed E-state index contributed by atoms with van der Waals surface area (Å²) in [5.41, 5.74) is 1.40. The molecule has 0 aliphatic heterocycles. The van der Waals surface area contributed by atoms with Crippen molar-refractivity contribution in [1.82, 2.24) is 14.9 Å². The molecule has 6 nitrogen and oxygen atoms in total. The number of benzene rings is 2. The van der Waals surface area contributed by atoms with E-state index in [0.29, 0.717) is 23.9 Å². The van der Waals surface area contributed by atoms with Crippen molar-refractivity contribution in [3.8, 4) is 22.8 Å². The molecule has 0 fully saturated rings. The summed E-state index contributed by atoms with van der Waals surface area (Å²) in [6.45, 7) is 4.51. The lowest BCUT2D eigenvalue weighted by Gasteiger charge is -2.08. The summed E-state index contributed by atoms with van der Waals surface area (Å²) in [4.78, 5) is 4.55. The van der Waals surface area contributed by atoms with E-state index >= 15 is 0 Å². The Morgan fingerprint density at radius 2 is 1.77 bits per heavy atom. The van der Waals surface area contributed by atoms with Gasteiger partial charge in [0.25, 0.3) is 5.89 Å². The Bertz CT molecular complexity index is 966. The first-order valence-corrected chi connectivity index (χ1v) is 9.93. The molecule has 7 heteroatoms. The molecule has 0 spiro atoms. The lowest BCUT2D eigenvalue weighted by molar-refractivity contribution is 0.432. The fourth-order valence-electron chi connectivity index (χ4n) is 2.41. The van der Waals surface area contributed by atoms with Crippen molar-refractivity contribution in [1.29, 1.82) is 0 Å². The van der Waals surface area contributed by atoms with Gasteiger partial charge in [0.2, 0.25) is 15.8 Å². The molecule has 0 amide bonds. The maximum Gasteiger partial charge on any atom is 0.258 e. The highest BCUT2D eigenvalue weighted by Gasteiger charge is 2.17. The fraction of sp³-hybridized carbons (Fsp3) is 0.263. The van der Waals surface area contributed by atoms with Crippen molar-refractivity contribution in [3.63, 3.8) is 0 Å². The molecule has 0 atom stereocenters. The van der Waals surface area contributed by atoms with E-state index in [-0.39, 0.29) is 10.8 Å².